The zero-order valence-corrected chi connectivity index (χ0v) is 10.4. The summed E-state index contributed by atoms with van der Waals surface area (Å²) in [6, 6.07) is 5.08. The van der Waals surface area contributed by atoms with Crippen molar-refractivity contribution in [1.82, 2.24) is 4.57 Å². The van der Waals surface area contributed by atoms with E-state index in [0.717, 1.165) is 35.9 Å². The molecule has 1 heterocycles. The topological polar surface area (TPSA) is 30.9 Å². The number of benzene rings is 1. The summed E-state index contributed by atoms with van der Waals surface area (Å²) in [5.41, 5.74) is 8.08. The predicted molar refractivity (Wildman–Crippen MR) is 69.5 cm³/mol. The summed E-state index contributed by atoms with van der Waals surface area (Å²) in [5, 5.41) is 0.996. The van der Waals surface area contributed by atoms with Gasteiger partial charge in [-0.3, -0.25) is 0 Å². The minimum atomic E-state index is -0.183. The highest BCUT2D eigenvalue weighted by Gasteiger charge is 2.10. The van der Waals surface area contributed by atoms with E-state index >= 15 is 0 Å². The maximum atomic E-state index is 13.3. The van der Waals surface area contributed by atoms with Crippen molar-refractivity contribution >= 4 is 10.9 Å². The molecule has 92 valence electrons. The lowest BCUT2D eigenvalue weighted by molar-refractivity contribution is 0.629. The standard InChI is InChI=1S/C14H19FN2/c1-3-6-17-9-11(7-10(2)16)13-8-12(15)4-5-14(13)17/h4-5,8-10H,3,6-7,16H2,1-2H3. The molecule has 17 heavy (non-hydrogen) atoms. The van der Waals surface area contributed by atoms with Crippen molar-refractivity contribution < 1.29 is 4.39 Å². The highest BCUT2D eigenvalue weighted by Crippen LogP contribution is 2.23. The molecule has 0 bridgehead atoms. The highest BCUT2D eigenvalue weighted by molar-refractivity contribution is 5.84. The van der Waals surface area contributed by atoms with Crippen LogP contribution in [-0.2, 0) is 13.0 Å². The summed E-state index contributed by atoms with van der Waals surface area (Å²) in [6.07, 6.45) is 3.96. The monoisotopic (exact) mass is 234 g/mol. The van der Waals surface area contributed by atoms with Crippen LogP contribution in [0.25, 0.3) is 10.9 Å². The second-order valence-corrected chi connectivity index (χ2v) is 4.69. The van der Waals surface area contributed by atoms with Crippen LogP contribution in [0, 0.1) is 5.82 Å². The Balaban J connectivity index is 2.54. The molecule has 0 radical (unpaired) electrons. The number of hydrogen-bond acceptors (Lipinski definition) is 1. The SMILES string of the molecule is CCCn1cc(CC(C)N)c2cc(F)ccc21. The van der Waals surface area contributed by atoms with E-state index in [-0.39, 0.29) is 11.9 Å². The first-order valence-corrected chi connectivity index (χ1v) is 6.14. The Labute approximate surface area is 101 Å². The van der Waals surface area contributed by atoms with Gasteiger partial charge in [0.25, 0.3) is 0 Å². The Kier molecular flexibility index (Phi) is 3.48. The molecule has 1 unspecified atom stereocenters. The zero-order chi connectivity index (χ0) is 12.4. The van der Waals surface area contributed by atoms with Gasteiger partial charge in [-0.1, -0.05) is 6.92 Å². The Morgan fingerprint density at radius 2 is 2.18 bits per heavy atom. The van der Waals surface area contributed by atoms with Crippen molar-refractivity contribution in [3.63, 3.8) is 0 Å². The van der Waals surface area contributed by atoms with Gasteiger partial charge >= 0.3 is 0 Å². The summed E-state index contributed by atoms with van der Waals surface area (Å²) < 4.78 is 15.5. The number of halogens is 1. The number of nitrogens with zero attached hydrogens (tertiary/aromatic N) is 1. The molecule has 2 aromatic rings. The Morgan fingerprint density at radius 1 is 1.41 bits per heavy atom. The summed E-state index contributed by atoms with van der Waals surface area (Å²) in [5.74, 6) is -0.183. The van der Waals surface area contributed by atoms with Gasteiger partial charge in [-0.2, -0.15) is 0 Å². The molecule has 0 saturated heterocycles. The Morgan fingerprint density at radius 3 is 2.82 bits per heavy atom. The smallest absolute Gasteiger partial charge is 0.123 e. The number of fused-ring (bicyclic) bond motifs is 1. The van der Waals surface area contributed by atoms with Crippen molar-refractivity contribution in [3.8, 4) is 0 Å². The molecule has 0 aliphatic carbocycles. The number of nitrogens with two attached hydrogens (primary N) is 1. The molecule has 0 fully saturated rings. The van der Waals surface area contributed by atoms with Crippen LogP contribution in [0.5, 0.6) is 0 Å². The van der Waals surface area contributed by atoms with Crippen LogP contribution in [0.1, 0.15) is 25.8 Å². The maximum Gasteiger partial charge on any atom is 0.123 e. The highest BCUT2D eigenvalue weighted by atomic mass is 19.1. The third kappa shape index (κ3) is 2.50. The summed E-state index contributed by atoms with van der Waals surface area (Å²) in [4.78, 5) is 0. The average molecular weight is 234 g/mol. The fourth-order valence-corrected chi connectivity index (χ4v) is 2.28. The lowest BCUT2D eigenvalue weighted by atomic mass is 10.1. The van der Waals surface area contributed by atoms with Crippen LogP contribution in [0.4, 0.5) is 4.39 Å². The molecule has 1 aromatic carbocycles. The van der Waals surface area contributed by atoms with Crippen LogP contribution in [0.3, 0.4) is 0 Å². The lowest BCUT2D eigenvalue weighted by Crippen LogP contribution is -2.17. The Hall–Kier alpha value is -1.35. The molecule has 0 amide bonds. The molecule has 0 aliphatic heterocycles. The van der Waals surface area contributed by atoms with E-state index < -0.39 is 0 Å². The van der Waals surface area contributed by atoms with Gasteiger partial charge in [-0.25, -0.2) is 4.39 Å². The van der Waals surface area contributed by atoms with Crippen LogP contribution in [0.2, 0.25) is 0 Å². The molecular formula is C14H19FN2. The summed E-state index contributed by atoms with van der Waals surface area (Å²) in [6.45, 7) is 5.07. The molecule has 3 heteroatoms. The van der Waals surface area contributed by atoms with Crippen LogP contribution < -0.4 is 5.73 Å². The fourth-order valence-electron chi connectivity index (χ4n) is 2.28. The van der Waals surface area contributed by atoms with Crippen molar-refractivity contribution in [2.24, 2.45) is 5.73 Å². The minimum absolute atomic E-state index is 0.0962. The number of aromatic nitrogens is 1. The van der Waals surface area contributed by atoms with Gasteiger partial charge in [0.05, 0.1) is 0 Å². The molecule has 0 saturated carbocycles. The second-order valence-electron chi connectivity index (χ2n) is 4.69. The van der Waals surface area contributed by atoms with Crippen LogP contribution in [-0.4, -0.2) is 10.6 Å². The maximum absolute atomic E-state index is 13.3. The lowest BCUT2D eigenvalue weighted by Gasteiger charge is -2.02. The average Bonchev–Trinajstić information content (AvgIpc) is 2.56. The number of aryl methyl sites for hydroxylation is 1. The zero-order valence-electron chi connectivity index (χ0n) is 10.4. The van der Waals surface area contributed by atoms with Gasteiger partial charge in [0.15, 0.2) is 0 Å². The quantitative estimate of drug-likeness (QED) is 0.866. The Bertz CT molecular complexity index is 514. The summed E-state index contributed by atoms with van der Waals surface area (Å²) in [7, 11) is 0. The van der Waals surface area contributed by atoms with Crippen molar-refractivity contribution in [2.45, 2.75) is 39.3 Å². The first-order chi connectivity index (χ1) is 8.11. The van der Waals surface area contributed by atoms with Crippen LogP contribution >= 0.6 is 0 Å². The van der Waals surface area contributed by atoms with Crippen molar-refractivity contribution in [3.05, 3.63) is 35.8 Å². The normalized spacial score (nSPS) is 13.2. The van der Waals surface area contributed by atoms with Crippen LogP contribution in [0.15, 0.2) is 24.4 Å². The van der Waals surface area contributed by atoms with Gasteiger partial charge in [0, 0.05) is 29.7 Å². The van der Waals surface area contributed by atoms with E-state index in [1.807, 2.05) is 13.0 Å². The molecule has 2 rings (SSSR count). The van der Waals surface area contributed by atoms with Gasteiger partial charge in [-0.05, 0) is 43.5 Å². The van der Waals surface area contributed by atoms with Gasteiger partial charge in [0.1, 0.15) is 5.82 Å². The number of rotatable bonds is 4. The summed E-state index contributed by atoms with van der Waals surface area (Å²) >= 11 is 0. The number of hydrogen-bond donors (Lipinski definition) is 1. The minimum Gasteiger partial charge on any atom is -0.347 e. The first kappa shape index (κ1) is 12.1. The third-order valence-corrected chi connectivity index (χ3v) is 2.93. The van der Waals surface area contributed by atoms with Gasteiger partial charge in [0.2, 0.25) is 0 Å². The molecule has 0 aliphatic rings. The first-order valence-electron chi connectivity index (χ1n) is 6.14. The molecule has 0 spiro atoms. The van der Waals surface area contributed by atoms with Gasteiger partial charge < -0.3 is 10.3 Å². The molecule has 1 aromatic heterocycles. The van der Waals surface area contributed by atoms with E-state index in [2.05, 4.69) is 17.7 Å². The van der Waals surface area contributed by atoms with E-state index in [1.54, 1.807) is 6.07 Å². The predicted octanol–water partition coefficient (Wildman–Crippen LogP) is 3.08. The molecule has 2 nitrogen and oxygen atoms in total. The molecule has 1 atom stereocenters. The van der Waals surface area contributed by atoms with E-state index in [9.17, 15) is 4.39 Å². The van der Waals surface area contributed by atoms with E-state index in [4.69, 9.17) is 5.73 Å². The van der Waals surface area contributed by atoms with Crippen molar-refractivity contribution in [2.75, 3.05) is 0 Å². The largest absolute Gasteiger partial charge is 0.347 e. The third-order valence-electron chi connectivity index (χ3n) is 2.93. The molecular weight excluding hydrogens is 215 g/mol. The molecule has 2 N–H and O–H groups in total. The second kappa shape index (κ2) is 4.88. The van der Waals surface area contributed by atoms with E-state index in [1.165, 1.54) is 6.07 Å². The van der Waals surface area contributed by atoms with Crippen molar-refractivity contribution in [1.29, 1.82) is 0 Å². The van der Waals surface area contributed by atoms with E-state index in [0.29, 0.717) is 0 Å². The fraction of sp³-hybridized carbons (Fsp3) is 0.429. The van der Waals surface area contributed by atoms with Gasteiger partial charge in [-0.15, -0.1) is 0 Å².